The number of hydrogen-bond acceptors (Lipinski definition) is 4. The third-order valence-electron chi connectivity index (χ3n) is 3.04. The number of nitrogens with zero attached hydrogens (tertiary/aromatic N) is 1. The Morgan fingerprint density at radius 2 is 2.17 bits per heavy atom. The van der Waals surface area contributed by atoms with Crippen LogP contribution in [0.5, 0.6) is 0 Å². The SMILES string of the molecule is O=C(CCSc1ccccn1)OC1CCCCC1. The fourth-order valence-electron chi connectivity index (χ4n) is 2.10. The Morgan fingerprint density at radius 1 is 1.33 bits per heavy atom. The van der Waals surface area contributed by atoms with Crippen LogP contribution < -0.4 is 0 Å². The van der Waals surface area contributed by atoms with Crippen molar-refractivity contribution in [2.45, 2.75) is 49.7 Å². The van der Waals surface area contributed by atoms with E-state index in [2.05, 4.69) is 4.98 Å². The van der Waals surface area contributed by atoms with Crippen LogP contribution in [0.25, 0.3) is 0 Å². The minimum absolute atomic E-state index is 0.0645. The zero-order valence-electron chi connectivity index (χ0n) is 10.5. The van der Waals surface area contributed by atoms with Crippen molar-refractivity contribution in [3.63, 3.8) is 0 Å². The summed E-state index contributed by atoms with van der Waals surface area (Å²) in [7, 11) is 0. The molecule has 3 nitrogen and oxygen atoms in total. The van der Waals surface area contributed by atoms with Gasteiger partial charge in [-0.05, 0) is 37.8 Å². The van der Waals surface area contributed by atoms with Crippen LogP contribution in [-0.4, -0.2) is 22.8 Å². The van der Waals surface area contributed by atoms with Gasteiger partial charge in [-0.15, -0.1) is 11.8 Å². The number of thioether (sulfide) groups is 1. The number of rotatable bonds is 5. The van der Waals surface area contributed by atoms with Crippen molar-refractivity contribution in [2.24, 2.45) is 0 Å². The first-order valence-corrected chi connectivity index (χ1v) is 7.56. The summed E-state index contributed by atoms with van der Waals surface area (Å²) in [4.78, 5) is 15.8. The normalized spacial score (nSPS) is 16.4. The van der Waals surface area contributed by atoms with E-state index in [0.29, 0.717) is 6.42 Å². The van der Waals surface area contributed by atoms with Crippen molar-refractivity contribution in [3.8, 4) is 0 Å². The van der Waals surface area contributed by atoms with Gasteiger partial charge in [0.1, 0.15) is 6.10 Å². The first-order chi connectivity index (χ1) is 8.84. The largest absolute Gasteiger partial charge is 0.462 e. The van der Waals surface area contributed by atoms with Gasteiger partial charge in [-0.25, -0.2) is 4.98 Å². The van der Waals surface area contributed by atoms with Crippen LogP contribution in [0.1, 0.15) is 38.5 Å². The monoisotopic (exact) mass is 265 g/mol. The van der Waals surface area contributed by atoms with E-state index in [9.17, 15) is 4.79 Å². The van der Waals surface area contributed by atoms with E-state index in [4.69, 9.17) is 4.74 Å². The van der Waals surface area contributed by atoms with Gasteiger partial charge >= 0.3 is 5.97 Å². The molecule has 0 unspecified atom stereocenters. The van der Waals surface area contributed by atoms with E-state index in [1.54, 1.807) is 18.0 Å². The van der Waals surface area contributed by atoms with Crippen molar-refractivity contribution >= 4 is 17.7 Å². The fraction of sp³-hybridized carbons (Fsp3) is 0.571. The molecule has 0 amide bonds. The number of aromatic nitrogens is 1. The predicted octanol–water partition coefficient (Wildman–Crippen LogP) is 3.44. The molecule has 1 aliphatic carbocycles. The summed E-state index contributed by atoms with van der Waals surface area (Å²) >= 11 is 1.60. The van der Waals surface area contributed by atoms with Gasteiger partial charge in [-0.1, -0.05) is 12.5 Å². The van der Waals surface area contributed by atoms with E-state index in [1.165, 1.54) is 19.3 Å². The maximum Gasteiger partial charge on any atom is 0.306 e. The number of pyridine rings is 1. The van der Waals surface area contributed by atoms with Gasteiger partial charge in [0.05, 0.1) is 11.4 Å². The van der Waals surface area contributed by atoms with Gasteiger partial charge in [-0.3, -0.25) is 4.79 Å². The molecule has 0 spiro atoms. The van der Waals surface area contributed by atoms with Gasteiger partial charge in [0, 0.05) is 11.9 Å². The molecule has 1 aromatic rings. The first kappa shape index (κ1) is 13.4. The minimum atomic E-state index is -0.0645. The molecule has 1 saturated carbocycles. The molecule has 0 atom stereocenters. The van der Waals surface area contributed by atoms with Crippen LogP contribution in [0, 0.1) is 0 Å². The highest BCUT2D eigenvalue weighted by Gasteiger charge is 2.17. The molecule has 98 valence electrons. The van der Waals surface area contributed by atoms with E-state index >= 15 is 0 Å². The van der Waals surface area contributed by atoms with Crippen molar-refractivity contribution in [1.82, 2.24) is 4.98 Å². The summed E-state index contributed by atoms with van der Waals surface area (Å²) in [6.07, 6.45) is 8.16. The standard InChI is InChI=1S/C14H19NO2S/c16-14(17-12-6-2-1-3-7-12)9-11-18-13-8-4-5-10-15-13/h4-5,8,10,12H,1-3,6-7,9,11H2. The second kappa shape index (κ2) is 7.41. The maximum absolute atomic E-state index is 11.6. The summed E-state index contributed by atoms with van der Waals surface area (Å²) in [6.45, 7) is 0. The number of esters is 1. The predicted molar refractivity (Wildman–Crippen MR) is 72.5 cm³/mol. The lowest BCUT2D eigenvalue weighted by Gasteiger charge is -2.21. The Kier molecular flexibility index (Phi) is 5.52. The highest BCUT2D eigenvalue weighted by Crippen LogP contribution is 2.21. The highest BCUT2D eigenvalue weighted by atomic mass is 32.2. The molecule has 0 N–H and O–H groups in total. The van der Waals surface area contributed by atoms with Crippen molar-refractivity contribution < 1.29 is 9.53 Å². The topological polar surface area (TPSA) is 39.2 Å². The Bertz CT molecular complexity index is 363. The van der Waals surface area contributed by atoms with Gasteiger partial charge in [0.25, 0.3) is 0 Å². The van der Waals surface area contributed by atoms with Gasteiger partial charge in [-0.2, -0.15) is 0 Å². The molecule has 2 rings (SSSR count). The molecule has 1 aliphatic rings. The molecule has 18 heavy (non-hydrogen) atoms. The third-order valence-corrected chi connectivity index (χ3v) is 3.99. The molecule has 4 heteroatoms. The smallest absolute Gasteiger partial charge is 0.306 e. The van der Waals surface area contributed by atoms with Crippen LogP contribution in [0.3, 0.4) is 0 Å². The van der Waals surface area contributed by atoms with Crippen LogP contribution in [0.4, 0.5) is 0 Å². The molecule has 0 saturated heterocycles. The fourth-order valence-corrected chi connectivity index (χ4v) is 2.89. The second-order valence-electron chi connectivity index (χ2n) is 4.52. The Hall–Kier alpha value is -1.03. The molecule has 0 radical (unpaired) electrons. The molecule has 1 heterocycles. The molecular weight excluding hydrogens is 246 g/mol. The number of carbonyl (C=O) groups excluding carboxylic acids is 1. The van der Waals surface area contributed by atoms with Gasteiger partial charge < -0.3 is 4.74 Å². The Balaban J connectivity index is 1.62. The third kappa shape index (κ3) is 4.69. The summed E-state index contributed by atoms with van der Waals surface area (Å²) in [6, 6.07) is 5.80. The zero-order chi connectivity index (χ0) is 12.6. The number of ether oxygens (including phenoxy) is 1. The van der Waals surface area contributed by atoms with Gasteiger partial charge in [0.2, 0.25) is 0 Å². The molecule has 0 bridgehead atoms. The Morgan fingerprint density at radius 3 is 2.89 bits per heavy atom. The lowest BCUT2D eigenvalue weighted by atomic mass is 9.98. The van der Waals surface area contributed by atoms with E-state index < -0.39 is 0 Å². The van der Waals surface area contributed by atoms with Crippen molar-refractivity contribution in [2.75, 3.05) is 5.75 Å². The molecule has 0 aliphatic heterocycles. The second-order valence-corrected chi connectivity index (χ2v) is 5.63. The molecule has 1 aromatic heterocycles. The first-order valence-electron chi connectivity index (χ1n) is 6.58. The summed E-state index contributed by atoms with van der Waals surface area (Å²) in [5.74, 6) is 0.674. The average molecular weight is 265 g/mol. The van der Waals surface area contributed by atoms with Crippen LogP contribution in [0.15, 0.2) is 29.4 Å². The van der Waals surface area contributed by atoms with E-state index in [0.717, 1.165) is 23.6 Å². The number of hydrogen-bond donors (Lipinski definition) is 0. The van der Waals surface area contributed by atoms with Crippen LogP contribution in [-0.2, 0) is 9.53 Å². The summed E-state index contributed by atoms with van der Waals surface area (Å²) < 4.78 is 5.46. The lowest BCUT2D eigenvalue weighted by molar-refractivity contribution is -0.149. The number of carbonyl (C=O) groups is 1. The van der Waals surface area contributed by atoms with Crippen LogP contribution in [0.2, 0.25) is 0 Å². The zero-order valence-corrected chi connectivity index (χ0v) is 11.3. The molecule has 0 aromatic carbocycles. The quantitative estimate of drug-likeness (QED) is 0.604. The van der Waals surface area contributed by atoms with Crippen molar-refractivity contribution in [3.05, 3.63) is 24.4 Å². The van der Waals surface area contributed by atoms with Crippen molar-refractivity contribution in [1.29, 1.82) is 0 Å². The average Bonchev–Trinajstić information content (AvgIpc) is 2.41. The Labute approximate surface area is 112 Å². The van der Waals surface area contributed by atoms with Gasteiger partial charge in [0.15, 0.2) is 0 Å². The van der Waals surface area contributed by atoms with E-state index in [-0.39, 0.29) is 12.1 Å². The highest BCUT2D eigenvalue weighted by molar-refractivity contribution is 7.99. The van der Waals surface area contributed by atoms with Crippen LogP contribution >= 0.6 is 11.8 Å². The molecular formula is C14H19NO2S. The molecule has 1 fully saturated rings. The summed E-state index contributed by atoms with van der Waals surface area (Å²) in [5, 5.41) is 0.961. The lowest BCUT2D eigenvalue weighted by Crippen LogP contribution is -2.21. The van der Waals surface area contributed by atoms with E-state index in [1.807, 2.05) is 18.2 Å². The summed E-state index contributed by atoms with van der Waals surface area (Å²) in [5.41, 5.74) is 0. The minimum Gasteiger partial charge on any atom is -0.462 e. The maximum atomic E-state index is 11.6.